The maximum Gasteiger partial charge on any atom is 0.131 e. The first-order chi connectivity index (χ1) is 49.6. The number of hydrogen-bond donors (Lipinski definition) is 1. The minimum atomic E-state index is -0.0907. The number of para-hydroxylation sites is 8. The van der Waals surface area contributed by atoms with Crippen LogP contribution in [0.25, 0.3) is 111 Å². The van der Waals surface area contributed by atoms with E-state index in [1.54, 1.807) is 0 Å². The third-order valence-corrected chi connectivity index (χ3v) is 21.4. The van der Waals surface area contributed by atoms with Gasteiger partial charge in [0, 0.05) is 98.8 Å². The molecule has 20 rings (SSSR count). The van der Waals surface area contributed by atoms with Crippen LogP contribution in [-0.4, -0.2) is 18.3 Å². The van der Waals surface area contributed by atoms with Gasteiger partial charge in [0.1, 0.15) is 11.3 Å². The lowest BCUT2D eigenvalue weighted by Crippen LogP contribution is -2.16. The summed E-state index contributed by atoms with van der Waals surface area (Å²) in [5.74, 6) is 0. The summed E-state index contributed by atoms with van der Waals surface area (Å²) in [6.07, 6.45) is 0. The summed E-state index contributed by atoms with van der Waals surface area (Å²) in [4.78, 5) is 2.42. The summed E-state index contributed by atoms with van der Waals surface area (Å²) in [6.45, 7) is 9.33. The van der Waals surface area contributed by atoms with Crippen molar-refractivity contribution in [1.82, 2.24) is 18.3 Å². The Kier molecular flexibility index (Phi) is 15.0. The molecule has 0 fully saturated rings. The fourth-order valence-corrected chi connectivity index (χ4v) is 16.6. The second kappa shape index (κ2) is 24.7. The van der Waals surface area contributed by atoms with Gasteiger partial charge >= 0.3 is 0 Å². The van der Waals surface area contributed by atoms with E-state index in [1.165, 1.54) is 110 Å². The van der Waals surface area contributed by atoms with Crippen LogP contribution in [0.4, 0.5) is 28.4 Å². The minimum Gasteiger partial charge on any atom is -0.356 e. The molecule has 0 bridgehead atoms. The molecule has 1 N–H and O–H groups in total. The molecule has 7 heteroatoms. The van der Waals surface area contributed by atoms with Crippen LogP contribution in [0, 0.1) is 0 Å². The van der Waals surface area contributed by atoms with Gasteiger partial charge in [-0.3, -0.25) is 18.3 Å². The van der Waals surface area contributed by atoms with Crippen molar-refractivity contribution in [3.05, 3.63) is 379 Å². The molecule has 2 aliphatic carbocycles. The molecule has 0 spiro atoms. The average Bonchev–Trinajstić information content (AvgIpc) is 1.56. The van der Waals surface area contributed by atoms with Crippen molar-refractivity contribution in [2.45, 2.75) is 38.5 Å². The Balaban J connectivity index is 0.000000121. The van der Waals surface area contributed by atoms with E-state index in [9.17, 15) is 0 Å². The van der Waals surface area contributed by atoms with Gasteiger partial charge in [-0.15, -0.1) is 0 Å². The number of rotatable bonds is 9. The fraction of sp³-hybridized carbons (Fsp3) is 0.0638. The minimum absolute atomic E-state index is 0.0559. The predicted octanol–water partition coefficient (Wildman–Crippen LogP) is 25.7. The maximum absolute atomic E-state index is 3.68. The molecular weight excluding hydrogens is 1290 g/mol. The lowest BCUT2D eigenvalue weighted by molar-refractivity contribution is 0.660. The van der Waals surface area contributed by atoms with E-state index in [0.717, 1.165) is 55.7 Å². The fourth-order valence-electron chi connectivity index (χ4n) is 16.3. The summed E-state index contributed by atoms with van der Waals surface area (Å²) in [5, 5.41) is 11.0. The first-order valence-corrected chi connectivity index (χ1v) is 35.6. The number of nitrogens with one attached hydrogen (secondary N) is 1. The number of halogens is 1. The van der Waals surface area contributed by atoms with Crippen molar-refractivity contribution < 1.29 is 0 Å². The van der Waals surface area contributed by atoms with Crippen LogP contribution in [0.3, 0.4) is 0 Å². The van der Waals surface area contributed by atoms with Crippen molar-refractivity contribution in [1.29, 1.82) is 0 Å². The van der Waals surface area contributed by atoms with Crippen LogP contribution < -0.4 is 10.2 Å². The predicted molar refractivity (Wildman–Crippen MR) is 429 cm³/mol. The van der Waals surface area contributed by atoms with Gasteiger partial charge < -0.3 is 10.2 Å². The Morgan fingerprint density at radius 1 is 0.267 bits per heavy atom. The Morgan fingerprint density at radius 2 is 0.624 bits per heavy atom. The second-order valence-corrected chi connectivity index (χ2v) is 28.4. The lowest BCUT2D eigenvalue weighted by atomic mass is 9.82. The molecule has 4 aromatic heterocycles. The first kappa shape index (κ1) is 61.2. The van der Waals surface area contributed by atoms with Crippen LogP contribution in [0.1, 0.15) is 49.9 Å². The summed E-state index contributed by atoms with van der Waals surface area (Å²) in [7, 11) is 0. The van der Waals surface area contributed by atoms with Gasteiger partial charge in [0.25, 0.3) is 0 Å². The standard InChI is InChI=1S/C47H35N3.C26H17BrN2.C21H19N/c1-47(2)41-24-14-12-22-37(41)38-28-26-36(31-42(38)47)48(32-16-6-3-7-17-32)35-27-29-44-40(30-35)45-39-23-13-15-25-43(39)49(33-18-8-4-9-19-33)46(45)50(44)34-20-10-5-11-21-34;27-18-15-16-24-22(17-18)25-21-13-7-8-14-23(21)28(19-9-3-1-4-10-19)26(25)29(24)20-11-5-2-6-12-20;1-21(2)19-11-7-6-10-17(19)18-13-12-16(14-20(18)21)22-15-8-4-3-5-9-15/h3-31H,1-2H3;1-17H;3-14,22H,1-2H3. The van der Waals surface area contributed by atoms with Crippen molar-refractivity contribution in [3.8, 4) is 45.0 Å². The summed E-state index contributed by atoms with van der Waals surface area (Å²) in [5.41, 5.74) is 28.4. The molecule has 4 heterocycles. The van der Waals surface area contributed by atoms with Crippen molar-refractivity contribution in [3.63, 3.8) is 0 Å². The van der Waals surface area contributed by atoms with Crippen LogP contribution in [0.2, 0.25) is 0 Å². The van der Waals surface area contributed by atoms with Gasteiger partial charge in [0.15, 0.2) is 0 Å². The Hall–Kier alpha value is -12.2. The smallest absolute Gasteiger partial charge is 0.131 e. The zero-order valence-electron chi connectivity index (χ0n) is 56.6. The van der Waals surface area contributed by atoms with Crippen LogP contribution in [0.15, 0.2) is 356 Å². The van der Waals surface area contributed by atoms with E-state index in [-0.39, 0.29) is 10.8 Å². The number of aromatic nitrogens is 4. The summed E-state index contributed by atoms with van der Waals surface area (Å²) in [6, 6.07) is 126. The second-order valence-electron chi connectivity index (χ2n) is 27.5. The van der Waals surface area contributed by atoms with Gasteiger partial charge in [-0.1, -0.05) is 250 Å². The third kappa shape index (κ3) is 10.2. The van der Waals surface area contributed by atoms with E-state index in [0.29, 0.717) is 0 Å². The van der Waals surface area contributed by atoms with Crippen molar-refractivity contribution in [2.75, 3.05) is 10.2 Å². The number of benzene rings is 14. The molecule has 0 aliphatic heterocycles. The molecule has 14 aromatic carbocycles. The number of anilines is 5. The molecular formula is C94H71BrN6. The average molecular weight is 1360 g/mol. The molecule has 6 nitrogen and oxygen atoms in total. The molecule has 101 heavy (non-hydrogen) atoms. The Morgan fingerprint density at radius 3 is 1.12 bits per heavy atom. The summed E-state index contributed by atoms with van der Waals surface area (Å²) < 4.78 is 10.7. The monoisotopic (exact) mass is 1360 g/mol. The molecule has 484 valence electrons. The van der Waals surface area contributed by atoms with E-state index in [1.807, 2.05) is 6.07 Å². The van der Waals surface area contributed by atoms with Gasteiger partial charge in [-0.05, 0) is 190 Å². The first-order valence-electron chi connectivity index (χ1n) is 34.8. The zero-order chi connectivity index (χ0) is 67.9. The zero-order valence-corrected chi connectivity index (χ0v) is 58.2. The van der Waals surface area contributed by atoms with Gasteiger partial charge in [-0.2, -0.15) is 0 Å². The highest BCUT2D eigenvalue weighted by Crippen LogP contribution is 2.53. The maximum atomic E-state index is 3.68. The molecule has 0 radical (unpaired) electrons. The normalized spacial score (nSPS) is 13.0. The van der Waals surface area contributed by atoms with E-state index in [2.05, 4.69) is 418 Å². The lowest BCUT2D eigenvalue weighted by Gasteiger charge is -2.28. The highest BCUT2D eigenvalue weighted by Gasteiger charge is 2.37. The molecule has 0 atom stereocenters. The van der Waals surface area contributed by atoms with E-state index >= 15 is 0 Å². The highest BCUT2D eigenvalue weighted by atomic mass is 79.9. The molecule has 0 saturated heterocycles. The number of nitrogens with zero attached hydrogens (tertiary/aromatic N) is 5. The third-order valence-electron chi connectivity index (χ3n) is 20.9. The van der Waals surface area contributed by atoms with E-state index < -0.39 is 0 Å². The van der Waals surface area contributed by atoms with Gasteiger partial charge in [0.2, 0.25) is 0 Å². The molecule has 0 amide bonds. The van der Waals surface area contributed by atoms with E-state index in [4.69, 9.17) is 0 Å². The molecule has 0 saturated carbocycles. The Labute approximate surface area is 596 Å². The molecule has 0 unspecified atom stereocenters. The van der Waals surface area contributed by atoms with Gasteiger partial charge in [0.05, 0.1) is 22.1 Å². The quantitative estimate of drug-likeness (QED) is 0.156. The molecule has 18 aromatic rings. The Bertz CT molecular complexity index is 6160. The topological polar surface area (TPSA) is 35.0 Å². The van der Waals surface area contributed by atoms with Crippen LogP contribution in [-0.2, 0) is 10.8 Å². The van der Waals surface area contributed by atoms with Crippen LogP contribution in [0.5, 0.6) is 0 Å². The molecule has 2 aliphatic rings. The van der Waals surface area contributed by atoms with Crippen molar-refractivity contribution >= 4 is 110 Å². The van der Waals surface area contributed by atoms with Gasteiger partial charge in [-0.25, -0.2) is 0 Å². The van der Waals surface area contributed by atoms with Crippen LogP contribution >= 0.6 is 15.9 Å². The summed E-state index contributed by atoms with van der Waals surface area (Å²) >= 11 is 3.68. The number of hydrogen-bond acceptors (Lipinski definition) is 2. The van der Waals surface area contributed by atoms with Crippen molar-refractivity contribution in [2.24, 2.45) is 0 Å². The largest absolute Gasteiger partial charge is 0.356 e. The SMILES string of the molecule is Brc1ccc2c(c1)c1c3ccccc3n(-c3ccccc3)c1n2-c1ccccc1.CC1(C)c2ccccc2-c2ccc(N(c3ccccc3)c3ccc4c(c3)c3c5ccccc5n(-c5ccccc5)c3n4-c3ccccc3)cc21.CC1(C)c2ccccc2-c2ccc(Nc3ccccc3)cc21. The highest BCUT2D eigenvalue weighted by molar-refractivity contribution is 9.10. The number of fused-ring (bicyclic) bond motifs is 16.